The van der Waals surface area contributed by atoms with Crippen molar-refractivity contribution in [2.75, 3.05) is 7.11 Å². The fourth-order valence-electron chi connectivity index (χ4n) is 2.36. The number of nitrogens with zero attached hydrogens (tertiary/aromatic N) is 2. The van der Waals surface area contributed by atoms with Crippen molar-refractivity contribution < 1.29 is 22.8 Å². The zero-order chi connectivity index (χ0) is 18.0. The summed E-state index contributed by atoms with van der Waals surface area (Å²) in [6.45, 7) is -1.22. The Morgan fingerprint density at radius 3 is 2.84 bits per heavy atom. The quantitative estimate of drug-likeness (QED) is 0.677. The van der Waals surface area contributed by atoms with Crippen LogP contribution in [-0.4, -0.2) is 33.2 Å². The van der Waals surface area contributed by atoms with Crippen molar-refractivity contribution in [3.8, 4) is 11.5 Å². The molecule has 1 atom stereocenters. The highest BCUT2D eigenvalue weighted by atomic mass is 32.2. The van der Waals surface area contributed by atoms with Gasteiger partial charge in [0.25, 0.3) is 0 Å². The molecule has 1 aromatic carbocycles. The molecule has 0 amide bonds. The molecule has 0 aliphatic heterocycles. The third-order valence-corrected chi connectivity index (χ3v) is 4.59. The lowest BCUT2D eigenvalue weighted by molar-refractivity contribution is -0.0489. The number of hydrogen-bond donors (Lipinski definition) is 1. The first-order valence-electron chi connectivity index (χ1n) is 7.28. The van der Waals surface area contributed by atoms with Crippen LogP contribution in [0.25, 0.3) is 11.0 Å². The number of rotatable bonds is 6. The average molecular weight is 367 g/mol. The number of ether oxygens (including phenoxy) is 2. The van der Waals surface area contributed by atoms with Gasteiger partial charge in [-0.1, -0.05) is 0 Å². The van der Waals surface area contributed by atoms with E-state index in [1.807, 2.05) is 0 Å². The van der Waals surface area contributed by atoms with Crippen molar-refractivity contribution in [1.82, 2.24) is 15.0 Å². The van der Waals surface area contributed by atoms with Crippen LogP contribution in [0.4, 0.5) is 8.78 Å². The Balaban J connectivity index is 1.90. The number of alkyl halides is 2. The molecule has 3 aromatic rings. The molecule has 2 heterocycles. The fourth-order valence-corrected chi connectivity index (χ4v) is 3.34. The SMILES string of the molecule is COc1ccnc(C[S+]([O-])c2nc3c(OC(F)F)cc(C)cc3[nH]2)c1. The summed E-state index contributed by atoms with van der Waals surface area (Å²) in [5, 5.41) is 0.171. The first-order chi connectivity index (χ1) is 12.0. The molecule has 1 N–H and O–H groups in total. The van der Waals surface area contributed by atoms with Crippen LogP contribution in [0.15, 0.2) is 35.6 Å². The number of methoxy groups -OCH3 is 1. The number of nitrogens with one attached hydrogen (secondary N) is 1. The van der Waals surface area contributed by atoms with Crippen LogP contribution in [-0.2, 0) is 16.9 Å². The molecule has 0 saturated carbocycles. The van der Waals surface area contributed by atoms with E-state index in [0.29, 0.717) is 17.0 Å². The lowest BCUT2D eigenvalue weighted by Gasteiger charge is -2.07. The summed E-state index contributed by atoms with van der Waals surface area (Å²) in [5.74, 6) is 0.667. The maximum atomic E-state index is 12.6. The number of aromatic nitrogens is 3. The van der Waals surface area contributed by atoms with Crippen LogP contribution >= 0.6 is 0 Å². The van der Waals surface area contributed by atoms with Gasteiger partial charge in [-0.3, -0.25) is 9.97 Å². The van der Waals surface area contributed by atoms with E-state index in [0.717, 1.165) is 5.56 Å². The van der Waals surface area contributed by atoms with Crippen molar-refractivity contribution in [3.05, 3.63) is 41.7 Å². The highest BCUT2D eigenvalue weighted by Gasteiger charge is 2.21. The predicted octanol–water partition coefficient (Wildman–Crippen LogP) is 3.18. The van der Waals surface area contributed by atoms with Crippen molar-refractivity contribution in [2.24, 2.45) is 0 Å². The number of benzene rings is 1. The molecule has 1 unspecified atom stereocenters. The molecule has 25 heavy (non-hydrogen) atoms. The van der Waals surface area contributed by atoms with E-state index in [1.54, 1.807) is 31.3 Å². The summed E-state index contributed by atoms with van der Waals surface area (Å²) in [7, 11) is 1.53. The molecule has 0 aliphatic rings. The maximum absolute atomic E-state index is 12.6. The number of halogens is 2. The highest BCUT2D eigenvalue weighted by Crippen LogP contribution is 2.29. The number of aromatic amines is 1. The van der Waals surface area contributed by atoms with Crippen molar-refractivity contribution in [2.45, 2.75) is 24.4 Å². The number of pyridine rings is 1. The van der Waals surface area contributed by atoms with Gasteiger partial charge in [0.05, 0.1) is 18.3 Å². The normalized spacial score (nSPS) is 12.6. The topological polar surface area (TPSA) is 83.1 Å². The third-order valence-electron chi connectivity index (χ3n) is 3.41. The molecule has 0 saturated heterocycles. The molecule has 132 valence electrons. The summed E-state index contributed by atoms with van der Waals surface area (Å²) >= 11 is -1.53. The number of imidazole rings is 1. The van der Waals surface area contributed by atoms with Gasteiger partial charge in [0, 0.05) is 23.4 Å². The molecular weight excluding hydrogens is 352 g/mol. The Labute approximate surface area is 145 Å². The minimum absolute atomic E-state index is 0.0518. The van der Waals surface area contributed by atoms with Crippen LogP contribution in [0.2, 0.25) is 0 Å². The first-order valence-corrected chi connectivity index (χ1v) is 8.60. The summed E-state index contributed by atoms with van der Waals surface area (Å²) in [4.78, 5) is 11.2. The van der Waals surface area contributed by atoms with Crippen molar-refractivity contribution in [1.29, 1.82) is 0 Å². The van der Waals surface area contributed by atoms with Crippen LogP contribution in [0.3, 0.4) is 0 Å². The second kappa shape index (κ2) is 7.24. The lowest BCUT2D eigenvalue weighted by atomic mass is 10.2. The van der Waals surface area contributed by atoms with Gasteiger partial charge in [0.2, 0.25) is 0 Å². The zero-order valence-corrected chi connectivity index (χ0v) is 14.3. The van der Waals surface area contributed by atoms with Crippen molar-refractivity contribution >= 4 is 22.2 Å². The van der Waals surface area contributed by atoms with Gasteiger partial charge in [-0.25, -0.2) is 0 Å². The molecular formula is C16H15F2N3O3S. The van der Waals surface area contributed by atoms with Crippen LogP contribution in [0, 0.1) is 6.92 Å². The van der Waals surface area contributed by atoms with E-state index in [-0.39, 0.29) is 22.2 Å². The Kier molecular flexibility index (Phi) is 5.05. The van der Waals surface area contributed by atoms with Crippen LogP contribution < -0.4 is 9.47 Å². The van der Waals surface area contributed by atoms with Gasteiger partial charge in [-0.2, -0.15) is 13.8 Å². The van der Waals surface area contributed by atoms with Gasteiger partial charge in [0.1, 0.15) is 11.3 Å². The van der Waals surface area contributed by atoms with Gasteiger partial charge in [-0.15, -0.1) is 0 Å². The minimum Gasteiger partial charge on any atom is -0.609 e. The second-order valence-electron chi connectivity index (χ2n) is 5.26. The monoisotopic (exact) mass is 367 g/mol. The maximum Gasteiger partial charge on any atom is 0.387 e. The van der Waals surface area contributed by atoms with E-state index in [2.05, 4.69) is 19.7 Å². The summed E-state index contributed by atoms with van der Waals surface area (Å²) in [5.41, 5.74) is 1.99. The van der Waals surface area contributed by atoms with E-state index in [9.17, 15) is 13.3 Å². The van der Waals surface area contributed by atoms with Gasteiger partial charge in [0.15, 0.2) is 11.5 Å². The van der Waals surface area contributed by atoms with Crippen LogP contribution in [0.5, 0.6) is 11.5 Å². The molecule has 6 nitrogen and oxygen atoms in total. The molecule has 3 rings (SSSR count). The summed E-state index contributed by atoms with van der Waals surface area (Å²) in [6, 6.07) is 6.55. The average Bonchev–Trinajstić information content (AvgIpc) is 2.98. The summed E-state index contributed by atoms with van der Waals surface area (Å²) < 4.78 is 47.3. The van der Waals surface area contributed by atoms with E-state index >= 15 is 0 Å². The second-order valence-corrected chi connectivity index (χ2v) is 6.62. The zero-order valence-electron chi connectivity index (χ0n) is 13.5. The van der Waals surface area contributed by atoms with Gasteiger partial charge in [-0.05, 0) is 30.7 Å². The smallest absolute Gasteiger partial charge is 0.387 e. The van der Waals surface area contributed by atoms with Crippen molar-refractivity contribution in [3.63, 3.8) is 0 Å². The lowest BCUT2D eigenvalue weighted by Crippen LogP contribution is -2.08. The van der Waals surface area contributed by atoms with E-state index in [4.69, 9.17) is 4.74 Å². The van der Waals surface area contributed by atoms with Gasteiger partial charge >= 0.3 is 11.8 Å². The number of fused-ring (bicyclic) bond motifs is 1. The van der Waals surface area contributed by atoms with E-state index in [1.165, 1.54) is 13.2 Å². The molecule has 0 spiro atoms. The number of aryl methyl sites for hydroxylation is 1. The number of hydrogen-bond acceptors (Lipinski definition) is 5. The molecule has 2 aromatic heterocycles. The Bertz CT molecular complexity index is 888. The molecule has 0 bridgehead atoms. The number of H-pyrrole nitrogens is 1. The largest absolute Gasteiger partial charge is 0.609 e. The minimum atomic E-state index is -2.96. The van der Waals surface area contributed by atoms with E-state index < -0.39 is 17.8 Å². The Hall–Kier alpha value is -2.39. The van der Waals surface area contributed by atoms with Crippen LogP contribution in [0.1, 0.15) is 11.3 Å². The standard InChI is InChI=1S/C16H15F2N3O3S/c1-9-5-12-14(13(6-9)24-15(17)18)21-16(20-12)25(22)8-10-7-11(23-2)3-4-19-10/h3-7,15H,8H2,1-2H3,(H,20,21). The molecule has 0 radical (unpaired) electrons. The highest BCUT2D eigenvalue weighted by molar-refractivity contribution is 7.90. The molecule has 9 heteroatoms. The predicted molar refractivity (Wildman–Crippen MR) is 88.4 cm³/mol. The summed E-state index contributed by atoms with van der Waals surface area (Å²) in [6.07, 6.45) is 1.56. The Morgan fingerprint density at radius 2 is 2.12 bits per heavy atom. The molecule has 0 aliphatic carbocycles. The molecule has 0 fully saturated rings. The fraction of sp³-hybridized carbons (Fsp3) is 0.250. The third kappa shape index (κ3) is 3.99. The Morgan fingerprint density at radius 1 is 1.32 bits per heavy atom. The van der Waals surface area contributed by atoms with Gasteiger partial charge < -0.3 is 14.0 Å². The first kappa shape index (κ1) is 17.4.